The van der Waals surface area contributed by atoms with Gasteiger partial charge in [-0.25, -0.2) is 8.78 Å². The Balaban J connectivity index is 3.29. The lowest BCUT2D eigenvalue weighted by Gasteiger charge is -2.09. The fourth-order valence-electron chi connectivity index (χ4n) is 1.17. The number of hydrogen-bond acceptors (Lipinski definition) is 2. The second-order valence-corrected chi connectivity index (χ2v) is 3.84. The fourth-order valence-corrected chi connectivity index (χ4v) is 1.69. The number of ketones is 1. The zero-order valence-electron chi connectivity index (χ0n) is 8.23. The molecule has 5 heteroatoms. The van der Waals surface area contributed by atoms with Crippen molar-refractivity contribution < 1.29 is 18.3 Å². The largest absolute Gasteiger partial charge is 0.495 e. The van der Waals surface area contributed by atoms with Gasteiger partial charge in [0.1, 0.15) is 23.2 Å². The summed E-state index contributed by atoms with van der Waals surface area (Å²) in [5, 5.41) is 0. The summed E-state index contributed by atoms with van der Waals surface area (Å²) in [5.74, 6) is -1.80. The third-order valence-electron chi connectivity index (χ3n) is 1.87. The Hall–Kier alpha value is -0.970. The molecular formula is C10H9BrF2O2. The molecule has 0 fully saturated rings. The van der Waals surface area contributed by atoms with Crippen molar-refractivity contribution >= 4 is 21.7 Å². The van der Waals surface area contributed by atoms with Crippen LogP contribution in [0.5, 0.6) is 5.75 Å². The summed E-state index contributed by atoms with van der Waals surface area (Å²) in [7, 11) is 1.31. The van der Waals surface area contributed by atoms with Gasteiger partial charge in [-0.05, 0) is 22.9 Å². The number of hydrogen-bond donors (Lipinski definition) is 0. The third-order valence-corrected chi connectivity index (χ3v) is 2.60. The predicted molar refractivity (Wildman–Crippen MR) is 55.0 cm³/mol. The van der Waals surface area contributed by atoms with Crippen LogP contribution in [0.15, 0.2) is 10.5 Å². The van der Waals surface area contributed by atoms with E-state index in [1.165, 1.54) is 14.0 Å². The number of rotatable bonds is 3. The van der Waals surface area contributed by atoms with Crippen molar-refractivity contribution in [2.75, 3.05) is 7.11 Å². The molecule has 0 amide bonds. The molecule has 2 nitrogen and oxygen atoms in total. The average molecular weight is 279 g/mol. The monoisotopic (exact) mass is 278 g/mol. The second kappa shape index (κ2) is 4.70. The first kappa shape index (κ1) is 12.1. The highest BCUT2D eigenvalue weighted by Gasteiger charge is 2.18. The minimum atomic E-state index is -0.790. The van der Waals surface area contributed by atoms with E-state index >= 15 is 0 Å². The van der Waals surface area contributed by atoms with Crippen molar-refractivity contribution in [1.82, 2.24) is 0 Å². The molecule has 0 unspecified atom stereocenters. The van der Waals surface area contributed by atoms with Gasteiger partial charge in [-0.2, -0.15) is 0 Å². The van der Waals surface area contributed by atoms with Gasteiger partial charge in [0.25, 0.3) is 0 Å². The van der Waals surface area contributed by atoms with E-state index < -0.39 is 11.6 Å². The molecule has 0 saturated carbocycles. The molecule has 82 valence electrons. The molecular weight excluding hydrogens is 270 g/mol. The van der Waals surface area contributed by atoms with Gasteiger partial charge in [-0.3, -0.25) is 4.79 Å². The average Bonchev–Trinajstić information content (AvgIpc) is 2.18. The van der Waals surface area contributed by atoms with Crippen LogP contribution in [0.2, 0.25) is 0 Å². The Kier molecular flexibility index (Phi) is 3.79. The Morgan fingerprint density at radius 2 is 2.13 bits per heavy atom. The Morgan fingerprint density at radius 1 is 1.53 bits per heavy atom. The molecule has 0 aliphatic carbocycles. The van der Waals surface area contributed by atoms with E-state index in [0.717, 1.165) is 6.07 Å². The Bertz CT molecular complexity index is 405. The molecule has 0 aliphatic heterocycles. The zero-order chi connectivity index (χ0) is 11.6. The van der Waals surface area contributed by atoms with Gasteiger partial charge in [0, 0.05) is 18.1 Å². The number of benzene rings is 1. The summed E-state index contributed by atoms with van der Waals surface area (Å²) >= 11 is 2.94. The van der Waals surface area contributed by atoms with Gasteiger partial charge in [0.15, 0.2) is 0 Å². The smallest absolute Gasteiger partial charge is 0.147 e. The van der Waals surface area contributed by atoms with E-state index in [0.29, 0.717) is 0 Å². The number of halogens is 3. The van der Waals surface area contributed by atoms with Gasteiger partial charge in [0.05, 0.1) is 11.6 Å². The molecule has 0 aliphatic rings. The standard InChI is InChI=1S/C10H9BrF2O2/c1-5(14)3-6-7(12)4-8(15-2)9(11)10(6)13/h4H,3H2,1-2H3. The second-order valence-electron chi connectivity index (χ2n) is 3.05. The summed E-state index contributed by atoms with van der Waals surface area (Å²) in [6.07, 6.45) is -0.264. The number of ether oxygens (including phenoxy) is 1. The van der Waals surface area contributed by atoms with Crippen LogP contribution in [-0.4, -0.2) is 12.9 Å². The molecule has 0 radical (unpaired) electrons. The quantitative estimate of drug-likeness (QED) is 0.795. The van der Waals surface area contributed by atoms with E-state index in [1.54, 1.807) is 0 Å². The molecule has 0 atom stereocenters. The normalized spacial score (nSPS) is 10.2. The van der Waals surface area contributed by atoms with Crippen LogP contribution >= 0.6 is 15.9 Å². The maximum Gasteiger partial charge on any atom is 0.147 e. The lowest BCUT2D eigenvalue weighted by atomic mass is 10.1. The van der Waals surface area contributed by atoms with Crippen molar-refractivity contribution in [2.45, 2.75) is 13.3 Å². The number of carbonyl (C=O) groups is 1. The Morgan fingerprint density at radius 3 is 2.60 bits per heavy atom. The van der Waals surface area contributed by atoms with E-state index in [9.17, 15) is 13.6 Å². The fraction of sp³-hybridized carbons (Fsp3) is 0.300. The van der Waals surface area contributed by atoms with Crippen molar-refractivity contribution in [2.24, 2.45) is 0 Å². The summed E-state index contributed by atoms with van der Waals surface area (Å²) in [5.41, 5.74) is -0.241. The van der Waals surface area contributed by atoms with E-state index in [2.05, 4.69) is 15.9 Å². The molecule has 0 bridgehead atoms. The van der Waals surface area contributed by atoms with Crippen molar-refractivity contribution in [1.29, 1.82) is 0 Å². The molecule has 15 heavy (non-hydrogen) atoms. The highest BCUT2D eigenvalue weighted by atomic mass is 79.9. The molecule has 0 spiro atoms. The highest BCUT2D eigenvalue weighted by Crippen LogP contribution is 2.32. The topological polar surface area (TPSA) is 26.3 Å². The first-order valence-corrected chi connectivity index (χ1v) is 4.96. The molecule has 1 rings (SSSR count). The van der Waals surface area contributed by atoms with E-state index in [1.807, 2.05) is 0 Å². The summed E-state index contributed by atoms with van der Waals surface area (Å²) < 4.78 is 31.7. The van der Waals surface area contributed by atoms with Crippen molar-refractivity contribution in [3.8, 4) is 5.75 Å². The number of carbonyl (C=O) groups excluding carboxylic acids is 1. The van der Waals surface area contributed by atoms with Crippen molar-refractivity contribution in [3.63, 3.8) is 0 Å². The summed E-state index contributed by atoms with van der Waals surface area (Å²) in [6, 6.07) is 1.05. The minimum Gasteiger partial charge on any atom is -0.495 e. The third kappa shape index (κ3) is 2.53. The number of methoxy groups -OCH3 is 1. The van der Waals surface area contributed by atoms with Crippen LogP contribution in [0.3, 0.4) is 0 Å². The van der Waals surface area contributed by atoms with Crippen LogP contribution in [0.4, 0.5) is 8.78 Å². The SMILES string of the molecule is COc1cc(F)c(CC(C)=O)c(F)c1Br. The first-order valence-electron chi connectivity index (χ1n) is 4.17. The Labute approximate surface area is 94.4 Å². The molecule has 0 heterocycles. The summed E-state index contributed by atoms with van der Waals surface area (Å²) in [4.78, 5) is 10.8. The molecule has 0 N–H and O–H groups in total. The zero-order valence-corrected chi connectivity index (χ0v) is 9.82. The van der Waals surface area contributed by atoms with Crippen LogP contribution in [0.25, 0.3) is 0 Å². The van der Waals surface area contributed by atoms with Gasteiger partial charge in [0.2, 0.25) is 0 Å². The minimum absolute atomic E-state index is 0.0302. The first-order chi connectivity index (χ1) is 6.97. The molecule has 0 saturated heterocycles. The van der Waals surface area contributed by atoms with Gasteiger partial charge in [-0.15, -0.1) is 0 Å². The summed E-state index contributed by atoms with van der Waals surface area (Å²) in [6.45, 7) is 1.27. The van der Waals surface area contributed by atoms with Crippen LogP contribution in [-0.2, 0) is 11.2 Å². The molecule has 0 aromatic heterocycles. The maximum absolute atomic E-state index is 13.6. The van der Waals surface area contributed by atoms with Gasteiger partial charge in [-0.1, -0.05) is 0 Å². The molecule has 1 aromatic rings. The van der Waals surface area contributed by atoms with Crippen LogP contribution < -0.4 is 4.74 Å². The lowest BCUT2D eigenvalue weighted by Crippen LogP contribution is -2.04. The maximum atomic E-state index is 13.6. The number of Topliss-reactive ketones (excluding diaryl/α,β-unsaturated/α-hetero) is 1. The van der Waals surface area contributed by atoms with Crippen LogP contribution in [0, 0.1) is 11.6 Å². The molecule has 1 aromatic carbocycles. The highest BCUT2D eigenvalue weighted by molar-refractivity contribution is 9.10. The van der Waals surface area contributed by atoms with Crippen LogP contribution in [0.1, 0.15) is 12.5 Å². The van der Waals surface area contributed by atoms with Crippen molar-refractivity contribution in [3.05, 3.63) is 27.7 Å². The van der Waals surface area contributed by atoms with E-state index in [-0.39, 0.29) is 28.0 Å². The van der Waals surface area contributed by atoms with Gasteiger partial charge >= 0.3 is 0 Å². The lowest BCUT2D eigenvalue weighted by molar-refractivity contribution is -0.116. The van der Waals surface area contributed by atoms with Gasteiger partial charge < -0.3 is 4.74 Å². The predicted octanol–water partition coefficient (Wildman–Crippen LogP) is 2.87. The van der Waals surface area contributed by atoms with E-state index in [4.69, 9.17) is 4.74 Å².